The normalized spacial score (nSPS) is 11.0. The Morgan fingerprint density at radius 3 is 2.69 bits per heavy atom. The number of carbonyl (C=O) groups excluding carboxylic acids is 1. The molecule has 1 amide bonds. The molecule has 0 saturated heterocycles. The second kappa shape index (κ2) is 8.98. The number of unbranched alkanes of at least 4 members (excludes halogenated alkanes) is 1. The lowest BCUT2D eigenvalue weighted by molar-refractivity contribution is 0.0526. The maximum absolute atomic E-state index is 11.5. The van der Waals surface area contributed by atoms with Crippen LogP contribution in [0.4, 0.5) is 10.7 Å². The van der Waals surface area contributed by atoms with Crippen LogP contribution in [0.1, 0.15) is 33.6 Å². The first kappa shape index (κ1) is 19.4. The molecule has 26 heavy (non-hydrogen) atoms. The van der Waals surface area contributed by atoms with Gasteiger partial charge in [0.2, 0.25) is 5.95 Å². The van der Waals surface area contributed by atoms with Crippen LogP contribution in [-0.2, 0) is 4.74 Å². The van der Waals surface area contributed by atoms with Gasteiger partial charge in [0.1, 0.15) is 17.7 Å². The zero-order chi connectivity index (χ0) is 19.0. The van der Waals surface area contributed by atoms with Crippen LogP contribution in [0.3, 0.4) is 0 Å². The van der Waals surface area contributed by atoms with Gasteiger partial charge in [0.05, 0.1) is 12.2 Å². The highest BCUT2D eigenvalue weighted by Crippen LogP contribution is 2.27. The number of ether oxygens (including phenoxy) is 2. The van der Waals surface area contributed by atoms with E-state index in [-0.39, 0.29) is 5.95 Å². The van der Waals surface area contributed by atoms with Gasteiger partial charge in [0.15, 0.2) is 5.82 Å². The zero-order valence-corrected chi connectivity index (χ0v) is 15.4. The molecule has 0 unspecified atom stereocenters. The van der Waals surface area contributed by atoms with Crippen molar-refractivity contribution in [1.82, 2.24) is 20.3 Å². The molecule has 0 aliphatic rings. The van der Waals surface area contributed by atoms with Gasteiger partial charge in [-0.2, -0.15) is 4.98 Å². The summed E-state index contributed by atoms with van der Waals surface area (Å²) in [6.07, 6.45) is 2.52. The van der Waals surface area contributed by atoms with Gasteiger partial charge < -0.3 is 20.5 Å². The molecule has 1 heterocycles. The predicted octanol–water partition coefficient (Wildman–Crippen LogP) is 2.80. The molecule has 3 N–H and O–H groups in total. The minimum absolute atomic E-state index is 0.165. The van der Waals surface area contributed by atoms with Crippen molar-refractivity contribution >= 4 is 12.0 Å². The maximum atomic E-state index is 11.5. The second-order valence-electron chi connectivity index (χ2n) is 6.65. The first-order valence-corrected chi connectivity index (χ1v) is 8.49. The molecule has 8 nitrogen and oxygen atoms in total. The van der Waals surface area contributed by atoms with Crippen LogP contribution in [-0.4, -0.2) is 39.8 Å². The number of rotatable bonds is 7. The Hall–Kier alpha value is -2.90. The van der Waals surface area contributed by atoms with Crippen molar-refractivity contribution in [2.45, 2.75) is 39.2 Å². The minimum Gasteiger partial charge on any atom is -0.493 e. The number of nitrogen functional groups attached to an aromatic ring is 1. The van der Waals surface area contributed by atoms with Crippen LogP contribution < -0.4 is 15.8 Å². The third kappa shape index (κ3) is 6.54. The summed E-state index contributed by atoms with van der Waals surface area (Å²) < 4.78 is 11.0. The molecule has 8 heteroatoms. The number of nitrogens with two attached hydrogens (primary N) is 1. The molecule has 0 atom stereocenters. The summed E-state index contributed by atoms with van der Waals surface area (Å²) in [6.45, 7) is 6.53. The molecule has 0 fully saturated rings. The number of nitrogens with zero attached hydrogens (tertiary/aromatic N) is 3. The van der Waals surface area contributed by atoms with E-state index >= 15 is 0 Å². The lowest BCUT2D eigenvalue weighted by Crippen LogP contribution is -2.33. The van der Waals surface area contributed by atoms with Crippen molar-refractivity contribution in [2.75, 3.05) is 18.9 Å². The second-order valence-corrected chi connectivity index (χ2v) is 6.65. The van der Waals surface area contributed by atoms with Gasteiger partial charge in [0.25, 0.3) is 0 Å². The third-order valence-electron chi connectivity index (χ3n) is 3.22. The van der Waals surface area contributed by atoms with E-state index in [0.717, 1.165) is 18.4 Å². The molecule has 0 saturated carbocycles. The maximum Gasteiger partial charge on any atom is 0.407 e. The average Bonchev–Trinajstić information content (AvgIpc) is 2.57. The predicted molar refractivity (Wildman–Crippen MR) is 98.6 cm³/mol. The highest BCUT2D eigenvalue weighted by molar-refractivity contribution is 5.67. The number of amides is 1. The lowest BCUT2D eigenvalue weighted by atomic mass is 10.2. The van der Waals surface area contributed by atoms with Gasteiger partial charge in [0, 0.05) is 6.54 Å². The zero-order valence-electron chi connectivity index (χ0n) is 15.4. The Kier molecular flexibility index (Phi) is 6.71. The quantitative estimate of drug-likeness (QED) is 0.731. The fourth-order valence-corrected chi connectivity index (χ4v) is 2.13. The highest BCUT2D eigenvalue weighted by atomic mass is 16.6. The molecular weight excluding hydrogens is 334 g/mol. The molecule has 2 rings (SSSR count). The third-order valence-corrected chi connectivity index (χ3v) is 3.22. The highest BCUT2D eigenvalue weighted by Gasteiger charge is 2.15. The lowest BCUT2D eigenvalue weighted by Gasteiger charge is -2.19. The Bertz CT molecular complexity index is 731. The van der Waals surface area contributed by atoms with E-state index in [1.807, 2.05) is 45.0 Å². The Labute approximate surface area is 153 Å². The van der Waals surface area contributed by atoms with Crippen molar-refractivity contribution in [1.29, 1.82) is 0 Å². The molecule has 0 aliphatic heterocycles. The molecule has 2 aromatic rings. The van der Waals surface area contributed by atoms with Crippen molar-refractivity contribution in [3.05, 3.63) is 30.6 Å². The van der Waals surface area contributed by atoms with Crippen LogP contribution in [0, 0.1) is 0 Å². The number of benzene rings is 1. The largest absolute Gasteiger partial charge is 0.493 e. The van der Waals surface area contributed by atoms with E-state index in [2.05, 4.69) is 20.3 Å². The van der Waals surface area contributed by atoms with Gasteiger partial charge in [-0.15, -0.1) is 0 Å². The van der Waals surface area contributed by atoms with Crippen molar-refractivity contribution in [3.63, 3.8) is 0 Å². The molecule has 1 aromatic carbocycles. The van der Waals surface area contributed by atoms with Gasteiger partial charge in [-0.1, -0.05) is 12.1 Å². The van der Waals surface area contributed by atoms with Crippen LogP contribution in [0.15, 0.2) is 30.6 Å². The molecule has 0 bridgehead atoms. The summed E-state index contributed by atoms with van der Waals surface area (Å²) in [7, 11) is 0. The minimum atomic E-state index is -0.491. The van der Waals surface area contributed by atoms with E-state index in [9.17, 15) is 4.79 Å². The van der Waals surface area contributed by atoms with Crippen LogP contribution in [0.25, 0.3) is 11.4 Å². The molecular formula is C18H25N5O3. The standard InChI is InChI=1S/C18H25N5O3/c1-18(2,3)26-17(24)20-10-6-7-11-25-14-9-5-4-8-13(14)15-21-12-22-16(19)23-15/h4-5,8-9,12H,6-7,10-11H2,1-3H3,(H,20,24)(H2,19,21,22,23). The number of alkyl carbamates (subject to hydrolysis) is 1. The average molecular weight is 359 g/mol. The van der Waals surface area contributed by atoms with Crippen LogP contribution in [0.5, 0.6) is 5.75 Å². The number of carbonyl (C=O) groups is 1. The summed E-state index contributed by atoms with van der Waals surface area (Å²) in [6, 6.07) is 7.49. The summed E-state index contributed by atoms with van der Waals surface area (Å²) in [5.74, 6) is 1.32. The van der Waals surface area contributed by atoms with Crippen LogP contribution >= 0.6 is 0 Å². The number of hydrogen-bond donors (Lipinski definition) is 2. The summed E-state index contributed by atoms with van der Waals surface area (Å²) in [5.41, 5.74) is 5.88. The molecule has 140 valence electrons. The van der Waals surface area contributed by atoms with Gasteiger partial charge in [-0.05, 0) is 45.7 Å². The van der Waals surface area contributed by atoms with E-state index in [1.165, 1.54) is 6.33 Å². The van der Waals surface area contributed by atoms with Gasteiger partial charge >= 0.3 is 6.09 Å². The van der Waals surface area contributed by atoms with Crippen molar-refractivity contribution < 1.29 is 14.3 Å². The number of hydrogen-bond acceptors (Lipinski definition) is 7. The summed E-state index contributed by atoms with van der Waals surface area (Å²) in [5, 5.41) is 2.72. The van der Waals surface area contributed by atoms with E-state index in [1.54, 1.807) is 0 Å². The molecule has 0 radical (unpaired) electrons. The SMILES string of the molecule is CC(C)(C)OC(=O)NCCCCOc1ccccc1-c1ncnc(N)n1. The fourth-order valence-electron chi connectivity index (χ4n) is 2.13. The van der Waals surface area contributed by atoms with E-state index in [4.69, 9.17) is 15.2 Å². The molecule has 0 spiro atoms. The first-order valence-electron chi connectivity index (χ1n) is 8.49. The number of anilines is 1. The molecule has 1 aromatic heterocycles. The smallest absolute Gasteiger partial charge is 0.407 e. The summed E-state index contributed by atoms with van der Waals surface area (Å²) in [4.78, 5) is 23.6. The van der Waals surface area contributed by atoms with Gasteiger partial charge in [-0.3, -0.25) is 0 Å². The number of aromatic nitrogens is 3. The van der Waals surface area contributed by atoms with Crippen molar-refractivity contribution in [3.8, 4) is 17.1 Å². The van der Waals surface area contributed by atoms with Gasteiger partial charge in [-0.25, -0.2) is 14.8 Å². The Balaban J connectivity index is 1.78. The monoisotopic (exact) mass is 359 g/mol. The fraction of sp³-hybridized carbons (Fsp3) is 0.444. The van der Waals surface area contributed by atoms with E-state index in [0.29, 0.717) is 24.7 Å². The van der Waals surface area contributed by atoms with Crippen LogP contribution in [0.2, 0.25) is 0 Å². The first-order chi connectivity index (χ1) is 12.3. The Morgan fingerprint density at radius 2 is 1.96 bits per heavy atom. The molecule has 0 aliphatic carbocycles. The summed E-state index contributed by atoms with van der Waals surface area (Å²) >= 11 is 0. The number of nitrogens with one attached hydrogen (secondary N) is 1. The van der Waals surface area contributed by atoms with E-state index < -0.39 is 11.7 Å². The number of para-hydroxylation sites is 1. The Morgan fingerprint density at radius 1 is 1.19 bits per heavy atom. The topological polar surface area (TPSA) is 112 Å². The van der Waals surface area contributed by atoms with Crippen molar-refractivity contribution in [2.24, 2.45) is 0 Å².